The van der Waals surface area contributed by atoms with E-state index in [-0.39, 0.29) is 11.4 Å². The number of fused-ring (bicyclic) bond motifs is 1. The lowest BCUT2D eigenvalue weighted by Crippen LogP contribution is -2.48. The number of thioether (sulfide) groups is 1. The van der Waals surface area contributed by atoms with Gasteiger partial charge in [0, 0.05) is 17.8 Å². The van der Waals surface area contributed by atoms with Gasteiger partial charge < -0.3 is 4.90 Å². The van der Waals surface area contributed by atoms with Gasteiger partial charge in [-0.1, -0.05) is 49.1 Å². The molecule has 3 nitrogen and oxygen atoms in total. The Morgan fingerprint density at radius 1 is 1.23 bits per heavy atom. The molecule has 0 aliphatic carbocycles. The van der Waals surface area contributed by atoms with E-state index in [1.807, 2.05) is 36.4 Å². The zero-order valence-electron chi connectivity index (χ0n) is 18.2. The van der Waals surface area contributed by atoms with Gasteiger partial charge in [-0.15, -0.1) is 0 Å². The van der Waals surface area contributed by atoms with Crippen molar-refractivity contribution >= 4 is 51.7 Å². The quantitative estimate of drug-likeness (QED) is 0.404. The van der Waals surface area contributed by atoms with E-state index in [1.165, 1.54) is 28.6 Å². The van der Waals surface area contributed by atoms with Crippen LogP contribution in [-0.2, 0) is 4.79 Å². The number of hydrogen-bond donors (Lipinski definition) is 0. The van der Waals surface area contributed by atoms with Gasteiger partial charge in [0.1, 0.15) is 0 Å². The van der Waals surface area contributed by atoms with Crippen molar-refractivity contribution in [3.63, 3.8) is 0 Å². The summed E-state index contributed by atoms with van der Waals surface area (Å²) < 4.78 is 0.584. The topological polar surface area (TPSA) is 23.6 Å². The molecule has 2 aliphatic rings. The molecule has 4 rings (SSSR count). The lowest BCUT2D eigenvalue weighted by atomic mass is 9.79. The third-order valence-corrected chi connectivity index (χ3v) is 7.49. The maximum absolute atomic E-state index is 13.1. The standard InChI is InChI=1S/C25H28N2OS2/c1-6-26-21-12-16(2)18(13-20(21)17(3)15-25(26,4)5)14-22-23(28)27(24(29)30-22)19-10-8-7-9-11-19/h7-14,17H,6,15H2,1-5H3/b22-14-/t17-/m0/s1. The van der Waals surface area contributed by atoms with Crippen molar-refractivity contribution in [3.05, 3.63) is 64.1 Å². The fourth-order valence-electron chi connectivity index (χ4n) is 4.81. The zero-order chi connectivity index (χ0) is 21.6. The number of benzene rings is 2. The summed E-state index contributed by atoms with van der Waals surface area (Å²) in [4.78, 5) is 17.9. The normalized spacial score (nSPS) is 22.0. The molecule has 1 atom stereocenters. The predicted octanol–water partition coefficient (Wildman–Crippen LogP) is 6.51. The summed E-state index contributed by atoms with van der Waals surface area (Å²) in [6.45, 7) is 12.3. The number of carbonyl (C=O) groups excluding carboxylic acids is 1. The van der Waals surface area contributed by atoms with E-state index in [0.717, 1.165) is 24.2 Å². The van der Waals surface area contributed by atoms with Crippen molar-refractivity contribution in [1.29, 1.82) is 0 Å². The first kappa shape index (κ1) is 21.1. The van der Waals surface area contributed by atoms with E-state index in [4.69, 9.17) is 12.2 Å². The second-order valence-electron chi connectivity index (χ2n) is 8.78. The molecule has 5 heteroatoms. The van der Waals surface area contributed by atoms with Crippen molar-refractivity contribution < 1.29 is 4.79 Å². The zero-order valence-corrected chi connectivity index (χ0v) is 19.9. The van der Waals surface area contributed by atoms with Crippen LogP contribution in [0.3, 0.4) is 0 Å². The Labute approximate surface area is 189 Å². The van der Waals surface area contributed by atoms with Crippen molar-refractivity contribution in [3.8, 4) is 0 Å². The number of nitrogens with zero attached hydrogens (tertiary/aromatic N) is 2. The van der Waals surface area contributed by atoms with Crippen molar-refractivity contribution in [1.82, 2.24) is 0 Å². The molecular formula is C25H28N2OS2. The molecule has 1 amide bonds. The van der Waals surface area contributed by atoms with E-state index in [9.17, 15) is 4.79 Å². The predicted molar refractivity (Wildman–Crippen MR) is 133 cm³/mol. The first-order chi connectivity index (χ1) is 14.2. The maximum Gasteiger partial charge on any atom is 0.270 e. The van der Waals surface area contributed by atoms with E-state index < -0.39 is 0 Å². The summed E-state index contributed by atoms with van der Waals surface area (Å²) in [6, 6.07) is 14.2. The average molecular weight is 437 g/mol. The molecule has 156 valence electrons. The summed E-state index contributed by atoms with van der Waals surface area (Å²) in [5.41, 5.74) is 5.94. The highest BCUT2D eigenvalue weighted by atomic mass is 32.2. The van der Waals surface area contributed by atoms with Crippen LogP contribution in [0.25, 0.3) is 6.08 Å². The lowest BCUT2D eigenvalue weighted by molar-refractivity contribution is -0.113. The molecule has 0 aromatic heterocycles. The number of carbonyl (C=O) groups is 1. The SMILES string of the molecule is CCN1c2cc(C)c(/C=C3\SC(=S)N(c4ccccc4)C3=O)cc2[C@@H](C)CC1(C)C. The average Bonchev–Trinajstić information content (AvgIpc) is 2.96. The molecule has 0 bridgehead atoms. The highest BCUT2D eigenvalue weighted by Crippen LogP contribution is 2.45. The van der Waals surface area contributed by atoms with Gasteiger partial charge in [-0.3, -0.25) is 9.69 Å². The number of rotatable bonds is 3. The van der Waals surface area contributed by atoms with Gasteiger partial charge in [-0.2, -0.15) is 0 Å². The fraction of sp³-hybridized carbons (Fsp3) is 0.360. The summed E-state index contributed by atoms with van der Waals surface area (Å²) in [7, 11) is 0. The van der Waals surface area contributed by atoms with Gasteiger partial charge >= 0.3 is 0 Å². The first-order valence-electron chi connectivity index (χ1n) is 10.5. The van der Waals surface area contributed by atoms with Crippen LogP contribution in [0.5, 0.6) is 0 Å². The Morgan fingerprint density at radius 3 is 2.60 bits per heavy atom. The van der Waals surface area contributed by atoms with E-state index in [2.05, 4.69) is 51.7 Å². The van der Waals surface area contributed by atoms with Crippen LogP contribution in [0.15, 0.2) is 47.4 Å². The summed E-state index contributed by atoms with van der Waals surface area (Å²) in [5.74, 6) is 0.432. The van der Waals surface area contributed by atoms with Crippen molar-refractivity contribution in [2.24, 2.45) is 0 Å². The van der Waals surface area contributed by atoms with Crippen LogP contribution in [0.1, 0.15) is 56.7 Å². The fourth-order valence-corrected chi connectivity index (χ4v) is 6.10. The minimum Gasteiger partial charge on any atom is -0.366 e. The Balaban J connectivity index is 1.73. The summed E-state index contributed by atoms with van der Waals surface area (Å²) in [6.07, 6.45) is 3.13. The Bertz CT molecular complexity index is 1040. The molecule has 0 N–H and O–H groups in total. The molecule has 0 spiro atoms. The highest BCUT2D eigenvalue weighted by molar-refractivity contribution is 8.27. The van der Waals surface area contributed by atoms with Crippen LogP contribution < -0.4 is 9.80 Å². The van der Waals surface area contributed by atoms with Crippen LogP contribution in [-0.4, -0.2) is 22.3 Å². The molecule has 0 saturated carbocycles. The maximum atomic E-state index is 13.1. The molecule has 2 heterocycles. The van der Waals surface area contributed by atoms with Crippen molar-refractivity contribution in [2.45, 2.75) is 52.5 Å². The minimum absolute atomic E-state index is 0.0438. The monoisotopic (exact) mass is 436 g/mol. The van der Waals surface area contributed by atoms with Crippen molar-refractivity contribution in [2.75, 3.05) is 16.3 Å². The van der Waals surface area contributed by atoms with E-state index in [1.54, 1.807) is 4.90 Å². The number of aryl methyl sites for hydroxylation is 1. The second-order valence-corrected chi connectivity index (χ2v) is 10.5. The molecule has 2 aliphatic heterocycles. The number of hydrogen-bond acceptors (Lipinski definition) is 4. The molecule has 0 radical (unpaired) electrons. The smallest absolute Gasteiger partial charge is 0.270 e. The Morgan fingerprint density at radius 2 is 1.93 bits per heavy atom. The molecule has 0 unspecified atom stereocenters. The van der Waals surface area contributed by atoms with Gasteiger partial charge in [0.15, 0.2) is 4.32 Å². The van der Waals surface area contributed by atoms with E-state index >= 15 is 0 Å². The molecule has 30 heavy (non-hydrogen) atoms. The van der Waals surface area contributed by atoms with Crippen LogP contribution >= 0.6 is 24.0 Å². The van der Waals surface area contributed by atoms with Gasteiger partial charge in [-0.25, -0.2) is 0 Å². The third kappa shape index (κ3) is 3.58. The number of amides is 1. The molecular weight excluding hydrogens is 408 g/mol. The summed E-state index contributed by atoms with van der Waals surface area (Å²) in [5, 5.41) is 0. The van der Waals surface area contributed by atoms with Gasteiger partial charge in [0.25, 0.3) is 5.91 Å². The Kier molecular flexibility index (Phi) is 5.54. The molecule has 2 aromatic rings. The molecule has 1 saturated heterocycles. The molecule has 2 aromatic carbocycles. The van der Waals surface area contributed by atoms with Crippen LogP contribution in [0.4, 0.5) is 11.4 Å². The first-order valence-corrected chi connectivity index (χ1v) is 11.7. The molecule has 1 fully saturated rings. The van der Waals surface area contributed by atoms with Gasteiger partial charge in [-0.05, 0) is 87.1 Å². The Hall–Kier alpha value is -2.11. The third-order valence-electron chi connectivity index (χ3n) is 6.18. The minimum atomic E-state index is -0.0438. The van der Waals surface area contributed by atoms with Gasteiger partial charge in [0.2, 0.25) is 0 Å². The highest BCUT2D eigenvalue weighted by Gasteiger charge is 2.36. The largest absolute Gasteiger partial charge is 0.366 e. The lowest BCUT2D eigenvalue weighted by Gasteiger charge is -2.47. The second kappa shape index (κ2) is 7.86. The summed E-state index contributed by atoms with van der Waals surface area (Å²) >= 11 is 6.90. The number of thiocarbonyl (C=S) groups is 1. The number of anilines is 2. The van der Waals surface area contributed by atoms with Crippen LogP contribution in [0.2, 0.25) is 0 Å². The number of para-hydroxylation sites is 1. The van der Waals surface area contributed by atoms with Crippen LogP contribution in [0, 0.1) is 6.92 Å². The van der Waals surface area contributed by atoms with E-state index in [0.29, 0.717) is 15.1 Å². The van der Waals surface area contributed by atoms with Gasteiger partial charge in [0.05, 0.1) is 10.6 Å².